The zero-order valence-electron chi connectivity index (χ0n) is 11.8. The predicted octanol–water partition coefficient (Wildman–Crippen LogP) is 1.76. The molecule has 2 atom stereocenters. The van der Waals surface area contributed by atoms with Gasteiger partial charge in [0.15, 0.2) is 0 Å². The number of benzene rings is 1. The van der Waals surface area contributed by atoms with E-state index in [2.05, 4.69) is 24.1 Å². The van der Waals surface area contributed by atoms with Gasteiger partial charge < -0.3 is 15.2 Å². The highest BCUT2D eigenvalue weighted by atomic mass is 16.5. The van der Waals surface area contributed by atoms with E-state index in [4.69, 9.17) is 4.74 Å². The molecule has 0 saturated carbocycles. The van der Waals surface area contributed by atoms with Crippen molar-refractivity contribution in [2.75, 3.05) is 32.8 Å². The second-order valence-corrected chi connectivity index (χ2v) is 5.11. The summed E-state index contributed by atoms with van der Waals surface area (Å²) in [5, 5.41) is 13.0. The topological polar surface area (TPSA) is 44.7 Å². The number of phenolic OH excluding ortho intramolecular Hbond substituents is 1. The summed E-state index contributed by atoms with van der Waals surface area (Å²) in [6.07, 6.45) is 0.258. The van der Waals surface area contributed by atoms with Gasteiger partial charge in [-0.1, -0.05) is 19.1 Å². The summed E-state index contributed by atoms with van der Waals surface area (Å²) in [6, 6.07) is 7.61. The third-order valence-electron chi connectivity index (χ3n) is 3.69. The van der Waals surface area contributed by atoms with Crippen molar-refractivity contribution in [2.24, 2.45) is 0 Å². The van der Waals surface area contributed by atoms with Crippen molar-refractivity contribution in [3.63, 3.8) is 0 Å². The summed E-state index contributed by atoms with van der Waals surface area (Å²) < 4.78 is 5.77. The number of rotatable bonds is 5. The summed E-state index contributed by atoms with van der Waals surface area (Å²) in [7, 11) is 0. The minimum atomic E-state index is 0.215. The van der Waals surface area contributed by atoms with Crippen LogP contribution in [-0.4, -0.2) is 48.9 Å². The number of nitrogens with one attached hydrogen (secondary N) is 1. The first-order valence-electron chi connectivity index (χ1n) is 7.05. The standard InChI is InChI=1S/C15H24N2O2/c1-3-17-7-8-19-15(11-17)10-16-12(2)13-5-4-6-14(18)9-13/h4-6,9,12,15-16,18H,3,7-8,10-11H2,1-2H3. The lowest BCUT2D eigenvalue weighted by Crippen LogP contribution is -2.46. The number of likely N-dealkylation sites (N-methyl/N-ethyl adjacent to an activating group) is 1. The van der Waals surface area contributed by atoms with Crippen LogP contribution in [0.4, 0.5) is 0 Å². The first-order valence-corrected chi connectivity index (χ1v) is 7.05. The molecule has 1 fully saturated rings. The van der Waals surface area contributed by atoms with Crippen LogP contribution in [0.5, 0.6) is 5.75 Å². The van der Waals surface area contributed by atoms with Gasteiger partial charge in [0.05, 0.1) is 12.7 Å². The molecule has 0 aromatic heterocycles. The number of hydrogen-bond acceptors (Lipinski definition) is 4. The predicted molar refractivity (Wildman–Crippen MR) is 76.4 cm³/mol. The summed E-state index contributed by atoms with van der Waals surface area (Å²) in [6.45, 7) is 9.07. The van der Waals surface area contributed by atoms with Crippen LogP contribution in [0.3, 0.4) is 0 Å². The molecule has 4 nitrogen and oxygen atoms in total. The number of phenols is 1. The van der Waals surface area contributed by atoms with Crippen molar-refractivity contribution in [1.82, 2.24) is 10.2 Å². The number of morpholine rings is 1. The molecule has 2 N–H and O–H groups in total. The van der Waals surface area contributed by atoms with Crippen molar-refractivity contribution >= 4 is 0 Å². The highest BCUT2D eigenvalue weighted by molar-refractivity contribution is 5.28. The van der Waals surface area contributed by atoms with Gasteiger partial charge in [0.25, 0.3) is 0 Å². The molecule has 0 spiro atoms. The number of ether oxygens (including phenoxy) is 1. The number of aromatic hydroxyl groups is 1. The van der Waals surface area contributed by atoms with Gasteiger partial charge in [0.2, 0.25) is 0 Å². The molecule has 1 heterocycles. The van der Waals surface area contributed by atoms with E-state index >= 15 is 0 Å². The molecule has 1 aliphatic rings. The molecule has 2 unspecified atom stereocenters. The van der Waals surface area contributed by atoms with Crippen LogP contribution in [0.25, 0.3) is 0 Å². The van der Waals surface area contributed by atoms with Crippen LogP contribution >= 0.6 is 0 Å². The van der Waals surface area contributed by atoms with Crippen molar-refractivity contribution in [1.29, 1.82) is 0 Å². The molecule has 0 bridgehead atoms. The average molecular weight is 264 g/mol. The van der Waals surface area contributed by atoms with E-state index in [0.717, 1.165) is 38.3 Å². The second-order valence-electron chi connectivity index (χ2n) is 5.11. The Balaban J connectivity index is 1.81. The molecule has 0 amide bonds. The fourth-order valence-corrected chi connectivity index (χ4v) is 2.41. The van der Waals surface area contributed by atoms with Crippen LogP contribution in [-0.2, 0) is 4.74 Å². The van der Waals surface area contributed by atoms with Gasteiger partial charge in [-0.3, -0.25) is 4.90 Å². The van der Waals surface area contributed by atoms with E-state index in [1.54, 1.807) is 12.1 Å². The summed E-state index contributed by atoms with van der Waals surface area (Å²) in [5.41, 5.74) is 1.10. The molecule has 4 heteroatoms. The molecule has 2 rings (SSSR count). The van der Waals surface area contributed by atoms with E-state index in [0.29, 0.717) is 5.75 Å². The maximum absolute atomic E-state index is 9.49. The van der Waals surface area contributed by atoms with Gasteiger partial charge in [0, 0.05) is 25.7 Å². The lowest BCUT2D eigenvalue weighted by atomic mass is 10.1. The van der Waals surface area contributed by atoms with Gasteiger partial charge in [-0.05, 0) is 31.2 Å². The van der Waals surface area contributed by atoms with Crippen LogP contribution < -0.4 is 5.32 Å². The fraction of sp³-hybridized carbons (Fsp3) is 0.600. The van der Waals surface area contributed by atoms with Gasteiger partial charge in [-0.2, -0.15) is 0 Å². The quantitative estimate of drug-likeness (QED) is 0.850. The number of hydrogen-bond donors (Lipinski definition) is 2. The molecule has 1 aromatic carbocycles. The Bertz CT molecular complexity index is 397. The molecule has 1 aliphatic heterocycles. The van der Waals surface area contributed by atoms with Gasteiger partial charge >= 0.3 is 0 Å². The molecule has 106 valence electrons. The number of nitrogens with zero attached hydrogens (tertiary/aromatic N) is 1. The van der Waals surface area contributed by atoms with Gasteiger partial charge in [-0.15, -0.1) is 0 Å². The minimum absolute atomic E-state index is 0.215. The molecular formula is C15H24N2O2. The smallest absolute Gasteiger partial charge is 0.115 e. The maximum atomic E-state index is 9.49. The normalized spacial score (nSPS) is 22.3. The third-order valence-corrected chi connectivity index (χ3v) is 3.69. The highest BCUT2D eigenvalue weighted by Gasteiger charge is 2.19. The summed E-state index contributed by atoms with van der Waals surface area (Å²) >= 11 is 0. The average Bonchev–Trinajstić information content (AvgIpc) is 2.45. The van der Waals surface area contributed by atoms with E-state index in [9.17, 15) is 5.11 Å². The van der Waals surface area contributed by atoms with Crippen LogP contribution in [0.15, 0.2) is 24.3 Å². The Labute approximate surface area is 115 Å². The fourth-order valence-electron chi connectivity index (χ4n) is 2.41. The zero-order valence-corrected chi connectivity index (χ0v) is 11.8. The van der Waals surface area contributed by atoms with Crippen molar-refractivity contribution in [2.45, 2.75) is 26.0 Å². The van der Waals surface area contributed by atoms with E-state index < -0.39 is 0 Å². The molecular weight excluding hydrogens is 240 g/mol. The second kappa shape index (κ2) is 6.89. The zero-order chi connectivity index (χ0) is 13.7. The summed E-state index contributed by atoms with van der Waals surface area (Å²) in [5.74, 6) is 0.317. The third kappa shape index (κ3) is 4.20. The molecule has 19 heavy (non-hydrogen) atoms. The first-order chi connectivity index (χ1) is 9.19. The molecule has 0 aliphatic carbocycles. The molecule has 1 aromatic rings. The summed E-state index contributed by atoms with van der Waals surface area (Å²) in [4.78, 5) is 2.41. The Morgan fingerprint density at radius 3 is 3.11 bits per heavy atom. The Morgan fingerprint density at radius 2 is 2.37 bits per heavy atom. The minimum Gasteiger partial charge on any atom is -0.508 e. The SMILES string of the molecule is CCN1CCOC(CNC(C)c2cccc(O)c2)C1. The van der Waals surface area contributed by atoms with Crippen molar-refractivity contribution in [3.8, 4) is 5.75 Å². The molecule has 0 radical (unpaired) electrons. The Hall–Kier alpha value is -1.10. The maximum Gasteiger partial charge on any atom is 0.115 e. The largest absolute Gasteiger partial charge is 0.508 e. The Morgan fingerprint density at radius 1 is 1.53 bits per heavy atom. The van der Waals surface area contributed by atoms with Gasteiger partial charge in [-0.25, -0.2) is 0 Å². The lowest BCUT2D eigenvalue weighted by molar-refractivity contribution is -0.0262. The van der Waals surface area contributed by atoms with Gasteiger partial charge in [0.1, 0.15) is 5.75 Å². The van der Waals surface area contributed by atoms with Crippen LogP contribution in [0.1, 0.15) is 25.5 Å². The van der Waals surface area contributed by atoms with E-state index in [-0.39, 0.29) is 12.1 Å². The van der Waals surface area contributed by atoms with Crippen LogP contribution in [0, 0.1) is 0 Å². The Kier molecular flexibility index (Phi) is 5.19. The van der Waals surface area contributed by atoms with E-state index in [1.165, 1.54) is 0 Å². The first kappa shape index (κ1) is 14.3. The monoisotopic (exact) mass is 264 g/mol. The highest BCUT2D eigenvalue weighted by Crippen LogP contribution is 2.18. The van der Waals surface area contributed by atoms with Crippen molar-refractivity contribution < 1.29 is 9.84 Å². The van der Waals surface area contributed by atoms with Crippen molar-refractivity contribution in [3.05, 3.63) is 29.8 Å². The molecule has 1 saturated heterocycles. The van der Waals surface area contributed by atoms with E-state index in [1.807, 2.05) is 12.1 Å². The van der Waals surface area contributed by atoms with Crippen LogP contribution in [0.2, 0.25) is 0 Å². The lowest BCUT2D eigenvalue weighted by Gasteiger charge is -2.32.